The Morgan fingerprint density at radius 1 is 0.957 bits per heavy atom. The second-order valence-electron chi connectivity index (χ2n) is 5.34. The van der Waals surface area contributed by atoms with E-state index in [1.807, 2.05) is 20.4 Å². The van der Waals surface area contributed by atoms with Crippen LogP contribution < -0.4 is 0 Å². The zero-order valence-corrected chi connectivity index (χ0v) is 15.8. The van der Waals surface area contributed by atoms with Gasteiger partial charge in [-0.2, -0.15) is 0 Å². The van der Waals surface area contributed by atoms with Crippen LogP contribution in [-0.2, 0) is 27.9 Å². The first kappa shape index (κ1) is 21.6. The third-order valence-corrected chi connectivity index (χ3v) is 5.90. The zero-order chi connectivity index (χ0) is 18.0. The van der Waals surface area contributed by atoms with Crippen molar-refractivity contribution in [1.29, 1.82) is 0 Å². The van der Waals surface area contributed by atoms with Crippen LogP contribution >= 0.6 is 0 Å². The minimum atomic E-state index is -2.40. The third kappa shape index (κ3) is 8.68. The minimum Gasteiger partial charge on any atom is -0.422 e. The van der Waals surface area contributed by atoms with E-state index in [9.17, 15) is 9.59 Å². The molecule has 0 spiro atoms. The second kappa shape index (κ2) is 10.4. The summed E-state index contributed by atoms with van der Waals surface area (Å²) in [5, 5.41) is 0. The number of carbonyl (C=O) groups excluding carboxylic acids is 2. The molecule has 0 aliphatic rings. The molecule has 0 aliphatic heterocycles. The smallest absolute Gasteiger partial charge is 0.336 e. The quantitative estimate of drug-likeness (QED) is 0.248. The molecule has 0 aliphatic carbocycles. The topological polar surface area (TPSA) is 71.1 Å². The molecule has 0 unspecified atom stereocenters. The predicted molar refractivity (Wildman–Crippen MR) is 89.9 cm³/mol. The highest BCUT2D eigenvalue weighted by molar-refractivity contribution is 6.66. The molecule has 0 amide bonds. The van der Waals surface area contributed by atoms with Crippen LogP contribution in [0.2, 0.25) is 12.6 Å². The van der Waals surface area contributed by atoms with Gasteiger partial charge in [0, 0.05) is 30.8 Å². The minimum absolute atomic E-state index is 0.232. The van der Waals surface area contributed by atoms with Gasteiger partial charge in [0.1, 0.15) is 0 Å². The maximum Gasteiger partial charge on any atom is 0.336 e. The van der Waals surface area contributed by atoms with Gasteiger partial charge >= 0.3 is 20.5 Å². The number of ether oxygens (including phenoxy) is 2. The van der Waals surface area contributed by atoms with Gasteiger partial charge in [0.2, 0.25) is 6.29 Å². The lowest BCUT2D eigenvalue weighted by Gasteiger charge is -2.27. The molecular weight excluding hydrogens is 316 g/mol. The van der Waals surface area contributed by atoms with Gasteiger partial charge in [0.15, 0.2) is 0 Å². The Morgan fingerprint density at radius 3 is 1.65 bits per heavy atom. The van der Waals surface area contributed by atoms with E-state index in [0.29, 0.717) is 25.7 Å². The van der Waals surface area contributed by atoms with Crippen molar-refractivity contribution in [1.82, 2.24) is 0 Å². The fourth-order valence-corrected chi connectivity index (χ4v) is 4.11. The fourth-order valence-electron chi connectivity index (χ4n) is 1.76. The summed E-state index contributed by atoms with van der Waals surface area (Å²) >= 11 is 0. The van der Waals surface area contributed by atoms with Gasteiger partial charge in [-0.05, 0) is 40.3 Å². The molecule has 0 N–H and O–H groups in total. The van der Waals surface area contributed by atoms with Crippen LogP contribution in [0.25, 0.3) is 0 Å². The van der Waals surface area contributed by atoms with Crippen molar-refractivity contribution >= 4 is 20.5 Å². The standard InChI is InChI=1S/C16H28O6Si/c1-8-19-23(7,20-9-2)11-10-14(21-15(17)12(3)4)22-16(18)13(5)6/h14H,3,5,8-11H2,1-2,4,6-7H3. The first-order valence-electron chi connectivity index (χ1n) is 7.66. The van der Waals surface area contributed by atoms with E-state index in [0.717, 1.165) is 0 Å². The van der Waals surface area contributed by atoms with Crippen molar-refractivity contribution in [2.45, 2.75) is 53.0 Å². The molecule has 0 bridgehead atoms. The van der Waals surface area contributed by atoms with E-state index in [-0.39, 0.29) is 11.1 Å². The first-order chi connectivity index (χ1) is 10.6. The van der Waals surface area contributed by atoms with Crippen LogP contribution in [0.1, 0.15) is 34.1 Å². The van der Waals surface area contributed by atoms with E-state index in [1.165, 1.54) is 13.8 Å². The number of hydrogen-bond acceptors (Lipinski definition) is 6. The van der Waals surface area contributed by atoms with Crippen LogP contribution in [0.4, 0.5) is 0 Å². The summed E-state index contributed by atoms with van der Waals surface area (Å²) < 4.78 is 21.8. The molecule has 0 saturated heterocycles. The molecule has 0 aromatic rings. The van der Waals surface area contributed by atoms with Gasteiger partial charge in [-0.3, -0.25) is 0 Å². The molecule has 0 atom stereocenters. The lowest BCUT2D eigenvalue weighted by molar-refractivity contribution is -0.182. The predicted octanol–water partition coefficient (Wildman–Crippen LogP) is 3.09. The summed E-state index contributed by atoms with van der Waals surface area (Å²) in [6.45, 7) is 16.9. The van der Waals surface area contributed by atoms with Gasteiger partial charge in [-0.25, -0.2) is 9.59 Å². The van der Waals surface area contributed by atoms with E-state index in [1.54, 1.807) is 0 Å². The van der Waals surface area contributed by atoms with Crippen LogP contribution in [0, 0.1) is 0 Å². The van der Waals surface area contributed by atoms with Gasteiger partial charge in [-0.1, -0.05) is 13.2 Å². The van der Waals surface area contributed by atoms with Crippen molar-refractivity contribution in [2.24, 2.45) is 0 Å². The van der Waals surface area contributed by atoms with E-state index >= 15 is 0 Å². The van der Waals surface area contributed by atoms with E-state index in [4.69, 9.17) is 18.3 Å². The Bertz CT molecular complexity index is 412. The van der Waals surface area contributed by atoms with Crippen molar-refractivity contribution in [3.63, 3.8) is 0 Å². The first-order valence-corrected chi connectivity index (χ1v) is 10.2. The molecule has 0 aromatic carbocycles. The SMILES string of the molecule is C=C(C)C(=O)OC(CC[Si](C)(OCC)OCC)OC(=O)C(=C)C. The number of rotatable bonds is 11. The van der Waals surface area contributed by atoms with Gasteiger partial charge in [-0.15, -0.1) is 0 Å². The largest absolute Gasteiger partial charge is 0.422 e. The monoisotopic (exact) mass is 344 g/mol. The summed E-state index contributed by atoms with van der Waals surface area (Å²) in [7, 11) is -2.40. The summed E-state index contributed by atoms with van der Waals surface area (Å²) in [4.78, 5) is 23.4. The molecule has 0 aromatic heterocycles. The molecular formula is C16H28O6Si. The molecule has 0 saturated carbocycles. The van der Waals surface area contributed by atoms with Gasteiger partial charge in [0.25, 0.3) is 0 Å². The van der Waals surface area contributed by atoms with Gasteiger partial charge < -0.3 is 18.3 Å². The number of esters is 2. The second-order valence-corrected chi connectivity index (χ2v) is 8.68. The summed E-state index contributed by atoms with van der Waals surface area (Å²) in [6.07, 6.45) is -0.725. The molecule has 7 heteroatoms. The third-order valence-electron chi connectivity index (χ3n) is 2.91. The fraction of sp³-hybridized carbons (Fsp3) is 0.625. The normalized spacial score (nSPS) is 11.2. The van der Waals surface area contributed by atoms with Crippen LogP contribution in [0.15, 0.2) is 24.3 Å². The highest BCUT2D eigenvalue weighted by atomic mass is 28.4. The summed E-state index contributed by atoms with van der Waals surface area (Å²) in [5.41, 5.74) is 0.465. The Labute approximate surface area is 139 Å². The Balaban J connectivity index is 4.91. The molecule has 23 heavy (non-hydrogen) atoms. The average molecular weight is 344 g/mol. The molecule has 6 nitrogen and oxygen atoms in total. The van der Waals surface area contributed by atoms with E-state index < -0.39 is 26.8 Å². The molecule has 0 fully saturated rings. The van der Waals surface area contributed by atoms with Crippen molar-refractivity contribution in [2.75, 3.05) is 13.2 Å². The summed E-state index contributed by atoms with van der Waals surface area (Å²) in [5.74, 6) is -1.22. The van der Waals surface area contributed by atoms with Gasteiger partial charge in [0.05, 0.1) is 0 Å². The van der Waals surface area contributed by atoms with E-state index in [2.05, 4.69) is 13.2 Å². The van der Waals surface area contributed by atoms with Crippen molar-refractivity contribution < 1.29 is 27.9 Å². The molecule has 132 valence electrons. The summed E-state index contributed by atoms with van der Waals surface area (Å²) in [6, 6.07) is 0.520. The highest BCUT2D eigenvalue weighted by Gasteiger charge is 2.33. The zero-order valence-electron chi connectivity index (χ0n) is 14.8. The lowest BCUT2D eigenvalue weighted by Crippen LogP contribution is -2.40. The number of carbonyl (C=O) groups is 2. The Hall–Kier alpha value is -1.44. The Kier molecular flexibility index (Phi) is 9.70. The van der Waals surface area contributed by atoms with Crippen molar-refractivity contribution in [3.05, 3.63) is 24.3 Å². The molecule has 0 radical (unpaired) electrons. The Morgan fingerprint density at radius 2 is 1.35 bits per heavy atom. The van der Waals surface area contributed by atoms with Crippen molar-refractivity contribution in [3.8, 4) is 0 Å². The number of hydrogen-bond donors (Lipinski definition) is 0. The average Bonchev–Trinajstić information content (AvgIpc) is 2.44. The van der Waals surface area contributed by atoms with Crippen LogP contribution in [0.5, 0.6) is 0 Å². The van der Waals surface area contributed by atoms with Crippen LogP contribution in [-0.4, -0.2) is 40.0 Å². The molecule has 0 heterocycles. The van der Waals surface area contributed by atoms with Crippen LogP contribution in [0.3, 0.4) is 0 Å². The molecule has 0 rings (SSSR count). The maximum atomic E-state index is 11.7. The lowest BCUT2D eigenvalue weighted by atomic mass is 10.3. The maximum absolute atomic E-state index is 11.7. The highest BCUT2D eigenvalue weighted by Crippen LogP contribution is 2.20.